The molecule has 2 N–H and O–H groups in total. The number of carbonyl (C=O) groups is 2. The molecule has 2 fully saturated rings. The molecule has 0 aromatic rings. The summed E-state index contributed by atoms with van der Waals surface area (Å²) in [6.45, 7) is 1.05. The molecule has 1 saturated heterocycles. The number of carbonyl (C=O) groups excluding carboxylic acids is 1. The van der Waals surface area contributed by atoms with Crippen LogP contribution in [-0.4, -0.2) is 48.4 Å². The highest BCUT2D eigenvalue weighted by molar-refractivity contribution is 5.89. The van der Waals surface area contributed by atoms with E-state index in [0.717, 1.165) is 12.8 Å². The minimum Gasteiger partial charge on any atom is -0.480 e. The van der Waals surface area contributed by atoms with Gasteiger partial charge in [0.15, 0.2) is 6.10 Å². The number of carboxylic acid groups (broad SMARTS) is 1. The van der Waals surface area contributed by atoms with Crippen LogP contribution < -0.4 is 5.32 Å². The number of carboxylic acids is 1. The molecule has 2 aliphatic rings. The average Bonchev–Trinajstić information content (AvgIpc) is 2.80. The Morgan fingerprint density at radius 2 is 1.94 bits per heavy atom. The van der Waals surface area contributed by atoms with Crippen LogP contribution in [0.3, 0.4) is 0 Å². The number of hydrogen-bond acceptors (Lipinski definition) is 4. The first-order valence-electron chi connectivity index (χ1n) is 5.89. The molecule has 0 unspecified atom stereocenters. The molecular formula is C11H17NO5. The molecule has 0 spiro atoms. The smallest absolute Gasteiger partial charge is 0.329 e. The van der Waals surface area contributed by atoms with E-state index in [1.165, 1.54) is 0 Å². The fourth-order valence-corrected chi connectivity index (χ4v) is 2.33. The first-order valence-corrected chi connectivity index (χ1v) is 5.89. The zero-order valence-corrected chi connectivity index (χ0v) is 9.61. The second kappa shape index (κ2) is 5.01. The lowest BCUT2D eigenvalue weighted by Gasteiger charge is -2.29. The summed E-state index contributed by atoms with van der Waals surface area (Å²) < 4.78 is 10.4. The van der Waals surface area contributed by atoms with Gasteiger partial charge < -0.3 is 19.9 Å². The van der Waals surface area contributed by atoms with Gasteiger partial charge in [0.25, 0.3) is 5.91 Å². The average molecular weight is 243 g/mol. The fourth-order valence-electron chi connectivity index (χ4n) is 2.33. The van der Waals surface area contributed by atoms with E-state index in [-0.39, 0.29) is 12.5 Å². The van der Waals surface area contributed by atoms with E-state index in [0.29, 0.717) is 26.1 Å². The molecule has 0 radical (unpaired) electrons. The van der Waals surface area contributed by atoms with Gasteiger partial charge in [-0.1, -0.05) is 12.8 Å². The van der Waals surface area contributed by atoms with Crippen molar-refractivity contribution in [1.82, 2.24) is 5.32 Å². The minimum atomic E-state index is -1.10. The van der Waals surface area contributed by atoms with Crippen molar-refractivity contribution < 1.29 is 24.2 Å². The molecule has 17 heavy (non-hydrogen) atoms. The lowest BCUT2D eigenvalue weighted by Crippen LogP contribution is -2.56. The highest BCUT2D eigenvalue weighted by Gasteiger charge is 2.43. The number of rotatable bonds is 3. The normalized spacial score (nSPS) is 27.6. The van der Waals surface area contributed by atoms with Crippen LogP contribution in [0, 0.1) is 0 Å². The van der Waals surface area contributed by atoms with Crippen molar-refractivity contribution >= 4 is 11.9 Å². The van der Waals surface area contributed by atoms with E-state index in [9.17, 15) is 14.7 Å². The van der Waals surface area contributed by atoms with E-state index in [1.807, 2.05) is 0 Å². The zero-order chi connectivity index (χ0) is 12.3. The largest absolute Gasteiger partial charge is 0.480 e. The van der Waals surface area contributed by atoms with Crippen LogP contribution in [0.2, 0.25) is 0 Å². The molecule has 0 aromatic carbocycles. The van der Waals surface area contributed by atoms with Gasteiger partial charge in [-0.15, -0.1) is 0 Å². The van der Waals surface area contributed by atoms with Gasteiger partial charge in [-0.2, -0.15) is 0 Å². The number of aliphatic carboxylic acids is 1. The third-order valence-electron chi connectivity index (χ3n) is 3.34. The second-order valence-corrected chi connectivity index (χ2v) is 4.52. The van der Waals surface area contributed by atoms with Gasteiger partial charge in [-0.3, -0.25) is 4.79 Å². The highest BCUT2D eigenvalue weighted by atomic mass is 16.6. The molecule has 6 heteroatoms. The maximum absolute atomic E-state index is 11.9. The Morgan fingerprint density at radius 3 is 2.47 bits per heavy atom. The summed E-state index contributed by atoms with van der Waals surface area (Å²) in [5.74, 6) is -1.34. The van der Waals surface area contributed by atoms with Crippen molar-refractivity contribution in [3.8, 4) is 0 Å². The summed E-state index contributed by atoms with van der Waals surface area (Å²) in [7, 11) is 0. The topological polar surface area (TPSA) is 84.9 Å². The third-order valence-corrected chi connectivity index (χ3v) is 3.34. The molecule has 0 aromatic heterocycles. The Bertz CT molecular complexity index is 305. The highest BCUT2D eigenvalue weighted by Crippen LogP contribution is 2.30. The Kier molecular flexibility index (Phi) is 3.63. The van der Waals surface area contributed by atoms with Crippen LogP contribution in [0.1, 0.15) is 25.7 Å². The maximum atomic E-state index is 11.9. The molecule has 1 amide bonds. The van der Waals surface area contributed by atoms with E-state index in [2.05, 4.69) is 5.32 Å². The standard InChI is InChI=1S/C11H17NO5/c13-9(8-7-16-5-6-17-8)12-11(10(14)15)3-1-2-4-11/h8H,1-7H2,(H,12,13)(H,14,15)/t8-/m0/s1. The van der Waals surface area contributed by atoms with Crippen LogP contribution in [0.15, 0.2) is 0 Å². The third kappa shape index (κ3) is 2.58. The molecule has 2 rings (SSSR count). The Morgan fingerprint density at radius 1 is 1.24 bits per heavy atom. The molecule has 96 valence electrons. The molecule has 1 atom stereocenters. The number of nitrogens with one attached hydrogen (secondary N) is 1. The van der Waals surface area contributed by atoms with Crippen LogP contribution in [0.4, 0.5) is 0 Å². The summed E-state index contributed by atoms with van der Waals surface area (Å²) in [6, 6.07) is 0. The van der Waals surface area contributed by atoms with Crippen molar-refractivity contribution in [2.75, 3.05) is 19.8 Å². The Balaban J connectivity index is 1.98. The number of amides is 1. The molecule has 6 nitrogen and oxygen atoms in total. The van der Waals surface area contributed by atoms with Crippen molar-refractivity contribution in [2.24, 2.45) is 0 Å². The number of ether oxygens (including phenoxy) is 2. The first kappa shape index (κ1) is 12.3. The van der Waals surface area contributed by atoms with Crippen LogP contribution >= 0.6 is 0 Å². The van der Waals surface area contributed by atoms with Crippen molar-refractivity contribution in [1.29, 1.82) is 0 Å². The summed E-state index contributed by atoms with van der Waals surface area (Å²) in [5.41, 5.74) is -1.10. The molecule has 1 saturated carbocycles. The quantitative estimate of drug-likeness (QED) is 0.724. The minimum absolute atomic E-state index is 0.196. The Hall–Kier alpha value is -1.14. The summed E-state index contributed by atoms with van der Waals surface area (Å²) in [5, 5.41) is 11.8. The van der Waals surface area contributed by atoms with Gasteiger partial charge in [-0.05, 0) is 12.8 Å². The summed E-state index contributed by atoms with van der Waals surface area (Å²) >= 11 is 0. The van der Waals surface area contributed by atoms with E-state index in [1.54, 1.807) is 0 Å². The van der Waals surface area contributed by atoms with Gasteiger partial charge in [0.1, 0.15) is 5.54 Å². The van der Waals surface area contributed by atoms with E-state index < -0.39 is 17.6 Å². The lowest BCUT2D eigenvalue weighted by molar-refractivity contribution is -0.156. The van der Waals surface area contributed by atoms with Crippen LogP contribution in [0.5, 0.6) is 0 Å². The molecule has 1 aliphatic carbocycles. The van der Waals surface area contributed by atoms with Gasteiger partial charge in [0.05, 0.1) is 19.8 Å². The summed E-state index contributed by atoms with van der Waals surface area (Å²) in [6.07, 6.45) is 1.95. The molecule has 1 aliphatic heterocycles. The van der Waals surface area contributed by atoms with Crippen LogP contribution in [-0.2, 0) is 19.1 Å². The van der Waals surface area contributed by atoms with E-state index in [4.69, 9.17) is 9.47 Å². The van der Waals surface area contributed by atoms with Crippen molar-refractivity contribution in [3.63, 3.8) is 0 Å². The molecule has 1 heterocycles. The first-order chi connectivity index (χ1) is 8.14. The second-order valence-electron chi connectivity index (χ2n) is 4.52. The van der Waals surface area contributed by atoms with Crippen molar-refractivity contribution in [2.45, 2.75) is 37.3 Å². The monoisotopic (exact) mass is 243 g/mol. The predicted molar refractivity (Wildman–Crippen MR) is 57.5 cm³/mol. The van der Waals surface area contributed by atoms with Crippen molar-refractivity contribution in [3.05, 3.63) is 0 Å². The number of hydrogen-bond donors (Lipinski definition) is 2. The maximum Gasteiger partial charge on any atom is 0.329 e. The van der Waals surface area contributed by atoms with Gasteiger partial charge in [0.2, 0.25) is 0 Å². The SMILES string of the molecule is O=C(NC1(C(=O)O)CCCC1)[C@@H]1COCCO1. The van der Waals surface area contributed by atoms with Gasteiger partial charge in [-0.25, -0.2) is 4.79 Å². The Labute approximate surface area is 99.3 Å². The van der Waals surface area contributed by atoms with Gasteiger partial charge in [0, 0.05) is 0 Å². The van der Waals surface area contributed by atoms with E-state index >= 15 is 0 Å². The van der Waals surface area contributed by atoms with Gasteiger partial charge >= 0.3 is 5.97 Å². The molecular weight excluding hydrogens is 226 g/mol. The molecule has 0 bridgehead atoms. The summed E-state index contributed by atoms with van der Waals surface area (Å²) in [4.78, 5) is 23.1. The zero-order valence-electron chi connectivity index (χ0n) is 9.61. The van der Waals surface area contributed by atoms with Crippen LogP contribution in [0.25, 0.3) is 0 Å². The fraction of sp³-hybridized carbons (Fsp3) is 0.818. The predicted octanol–water partition coefficient (Wildman–Crippen LogP) is -0.0846. The lowest BCUT2D eigenvalue weighted by atomic mass is 9.97.